The highest BCUT2D eigenvalue weighted by Gasteiger charge is 2.16. The summed E-state index contributed by atoms with van der Waals surface area (Å²) in [6, 6.07) is 1.96. The summed E-state index contributed by atoms with van der Waals surface area (Å²) < 4.78 is 7.36. The maximum absolute atomic E-state index is 11.1. The van der Waals surface area contributed by atoms with Gasteiger partial charge in [-0.3, -0.25) is 4.79 Å². The summed E-state index contributed by atoms with van der Waals surface area (Å²) in [5.74, 6) is 2.48. The molecule has 2 N–H and O–H groups in total. The molecule has 3 aromatic rings. The number of amides is 1. The van der Waals surface area contributed by atoms with Gasteiger partial charge in [0.05, 0.1) is 5.75 Å². The molecule has 0 spiro atoms. The lowest BCUT2D eigenvalue weighted by Crippen LogP contribution is -2.15. The fourth-order valence-corrected chi connectivity index (χ4v) is 3.78. The zero-order valence-electron chi connectivity index (χ0n) is 14.6. The normalized spacial score (nSPS) is 11.3. The fourth-order valence-electron chi connectivity index (χ4n) is 2.34. The van der Waals surface area contributed by atoms with E-state index in [0.29, 0.717) is 29.8 Å². The topological polar surface area (TPSA) is 113 Å². The highest BCUT2D eigenvalue weighted by molar-refractivity contribution is 7.98. The van der Waals surface area contributed by atoms with Gasteiger partial charge in [-0.2, -0.15) is 16.3 Å². The van der Waals surface area contributed by atoms with Crippen molar-refractivity contribution in [2.75, 3.05) is 0 Å². The van der Waals surface area contributed by atoms with E-state index in [2.05, 4.69) is 34.2 Å². The Morgan fingerprint density at radius 3 is 2.96 bits per heavy atom. The van der Waals surface area contributed by atoms with Gasteiger partial charge in [0, 0.05) is 30.3 Å². The molecule has 0 atom stereocenters. The quantitative estimate of drug-likeness (QED) is 0.557. The summed E-state index contributed by atoms with van der Waals surface area (Å²) in [4.78, 5) is 15.5. The number of aromatic nitrogens is 5. The molecule has 1 amide bonds. The summed E-state index contributed by atoms with van der Waals surface area (Å²) >= 11 is 3.08. The summed E-state index contributed by atoms with van der Waals surface area (Å²) in [6.07, 6.45) is 0.743. The molecule has 3 rings (SSSR count). The van der Waals surface area contributed by atoms with Gasteiger partial charge in [0.25, 0.3) is 0 Å². The van der Waals surface area contributed by atoms with Crippen molar-refractivity contribution in [3.63, 3.8) is 0 Å². The van der Waals surface area contributed by atoms with Crippen molar-refractivity contribution in [3.8, 4) is 11.4 Å². The lowest BCUT2D eigenvalue weighted by molar-refractivity contribution is -0.118. The highest BCUT2D eigenvalue weighted by atomic mass is 32.2. The first-order valence-corrected chi connectivity index (χ1v) is 10.1. The van der Waals surface area contributed by atoms with Gasteiger partial charge < -0.3 is 14.8 Å². The van der Waals surface area contributed by atoms with Crippen LogP contribution in [0.3, 0.4) is 0 Å². The molecule has 26 heavy (non-hydrogen) atoms. The second-order valence-electron chi connectivity index (χ2n) is 6.18. The van der Waals surface area contributed by atoms with Gasteiger partial charge in [0.1, 0.15) is 5.82 Å². The molecule has 0 unspecified atom stereocenters. The monoisotopic (exact) mass is 392 g/mol. The molecular weight excluding hydrogens is 372 g/mol. The smallest absolute Gasteiger partial charge is 0.237 e. The minimum Gasteiger partial charge on any atom is -0.370 e. The Hall–Kier alpha value is -2.20. The number of primary amides is 1. The average molecular weight is 393 g/mol. The minimum absolute atomic E-state index is 0.258. The van der Waals surface area contributed by atoms with Crippen molar-refractivity contribution in [1.29, 1.82) is 0 Å². The number of hydrogen-bond acceptors (Lipinski definition) is 8. The van der Waals surface area contributed by atoms with Crippen molar-refractivity contribution < 1.29 is 9.32 Å². The van der Waals surface area contributed by atoms with E-state index in [-0.39, 0.29) is 12.3 Å². The van der Waals surface area contributed by atoms with E-state index < -0.39 is 0 Å². The van der Waals surface area contributed by atoms with E-state index >= 15 is 0 Å². The average Bonchev–Trinajstić information content (AvgIpc) is 3.32. The first-order valence-electron chi connectivity index (χ1n) is 8.21. The molecule has 0 aliphatic carbocycles. The van der Waals surface area contributed by atoms with Crippen molar-refractivity contribution >= 4 is 29.0 Å². The molecule has 0 bridgehead atoms. The van der Waals surface area contributed by atoms with E-state index in [4.69, 9.17) is 10.3 Å². The standard InChI is InChI=1S/C16H20N6O2S2/c1-10(2)7-22-13(4-3-12(17)23)19-20-16(22)26-9-14-18-15(21-24-14)11-5-6-25-8-11/h5-6,8,10H,3-4,7,9H2,1-2H3,(H2,17,23). The Morgan fingerprint density at radius 1 is 1.42 bits per heavy atom. The Kier molecular flexibility index (Phi) is 6.04. The zero-order chi connectivity index (χ0) is 18.5. The second kappa shape index (κ2) is 8.45. The van der Waals surface area contributed by atoms with Crippen LogP contribution in [0, 0.1) is 5.92 Å². The van der Waals surface area contributed by atoms with E-state index in [1.165, 1.54) is 11.8 Å². The molecular formula is C16H20N6O2S2. The summed E-state index contributed by atoms with van der Waals surface area (Å²) in [5, 5.41) is 17.2. The Balaban J connectivity index is 1.69. The predicted molar refractivity (Wildman–Crippen MR) is 99.5 cm³/mol. The van der Waals surface area contributed by atoms with Crippen LogP contribution in [-0.4, -0.2) is 30.8 Å². The van der Waals surface area contributed by atoms with Crippen LogP contribution in [0.2, 0.25) is 0 Å². The zero-order valence-corrected chi connectivity index (χ0v) is 16.2. The van der Waals surface area contributed by atoms with Crippen LogP contribution in [0.15, 0.2) is 26.5 Å². The molecule has 8 nitrogen and oxygen atoms in total. The molecule has 138 valence electrons. The van der Waals surface area contributed by atoms with Gasteiger partial charge in [-0.15, -0.1) is 10.2 Å². The molecule has 0 radical (unpaired) electrons. The molecule has 0 saturated heterocycles. The Bertz CT molecular complexity index is 856. The maximum Gasteiger partial charge on any atom is 0.237 e. The largest absolute Gasteiger partial charge is 0.370 e. The van der Waals surface area contributed by atoms with Gasteiger partial charge in [-0.25, -0.2) is 0 Å². The first-order chi connectivity index (χ1) is 12.5. The number of rotatable bonds is 9. The predicted octanol–water partition coefficient (Wildman–Crippen LogP) is 2.76. The SMILES string of the molecule is CC(C)Cn1c(CCC(N)=O)nnc1SCc1nc(-c2ccsc2)no1. The van der Waals surface area contributed by atoms with Crippen LogP contribution in [-0.2, 0) is 23.5 Å². The van der Waals surface area contributed by atoms with Gasteiger partial charge in [0.15, 0.2) is 5.16 Å². The number of nitrogens with zero attached hydrogens (tertiary/aromatic N) is 5. The number of thiophene rings is 1. The molecule has 10 heteroatoms. The lowest BCUT2D eigenvalue weighted by atomic mass is 10.2. The minimum atomic E-state index is -0.342. The fraction of sp³-hybridized carbons (Fsp3) is 0.438. The lowest BCUT2D eigenvalue weighted by Gasteiger charge is -2.11. The number of carbonyl (C=O) groups excluding carboxylic acids is 1. The second-order valence-corrected chi connectivity index (χ2v) is 7.90. The van der Waals surface area contributed by atoms with Crippen LogP contribution in [0.4, 0.5) is 0 Å². The van der Waals surface area contributed by atoms with Crippen LogP contribution in [0.5, 0.6) is 0 Å². The third-order valence-corrected chi connectivity index (χ3v) is 5.14. The van der Waals surface area contributed by atoms with Crippen LogP contribution in [0.1, 0.15) is 32.0 Å². The molecule has 3 heterocycles. The maximum atomic E-state index is 11.1. The van der Waals surface area contributed by atoms with E-state index in [9.17, 15) is 4.79 Å². The first kappa shape index (κ1) is 18.6. The molecule has 0 fully saturated rings. The third kappa shape index (κ3) is 4.70. The molecule has 0 aliphatic rings. The van der Waals surface area contributed by atoms with Crippen molar-refractivity contribution in [3.05, 3.63) is 28.5 Å². The summed E-state index contributed by atoms with van der Waals surface area (Å²) in [5.41, 5.74) is 6.20. The van der Waals surface area contributed by atoms with Crippen molar-refractivity contribution in [1.82, 2.24) is 24.9 Å². The molecule has 0 aliphatic heterocycles. The molecule has 3 aromatic heterocycles. The highest BCUT2D eigenvalue weighted by Crippen LogP contribution is 2.25. The number of thioether (sulfide) groups is 1. The number of nitrogens with two attached hydrogens (primary N) is 1. The molecule has 0 aromatic carbocycles. The van der Waals surface area contributed by atoms with Gasteiger partial charge in [-0.05, 0) is 17.4 Å². The number of hydrogen-bond donors (Lipinski definition) is 1. The van der Waals surface area contributed by atoms with Gasteiger partial charge in [-0.1, -0.05) is 30.8 Å². The number of carbonyl (C=O) groups is 1. The van der Waals surface area contributed by atoms with E-state index in [1.54, 1.807) is 11.3 Å². The Morgan fingerprint density at radius 2 is 2.27 bits per heavy atom. The summed E-state index contributed by atoms with van der Waals surface area (Å²) in [6.45, 7) is 5.02. The van der Waals surface area contributed by atoms with E-state index in [0.717, 1.165) is 23.1 Å². The van der Waals surface area contributed by atoms with Crippen LogP contribution < -0.4 is 5.73 Å². The van der Waals surface area contributed by atoms with Crippen LogP contribution in [0.25, 0.3) is 11.4 Å². The van der Waals surface area contributed by atoms with Crippen molar-refractivity contribution in [2.24, 2.45) is 11.7 Å². The summed E-state index contributed by atoms with van der Waals surface area (Å²) in [7, 11) is 0. The molecule has 0 saturated carbocycles. The van der Waals surface area contributed by atoms with Gasteiger partial charge in [0.2, 0.25) is 17.6 Å². The third-order valence-electron chi connectivity index (χ3n) is 3.51. The Labute approximate surface area is 159 Å². The van der Waals surface area contributed by atoms with Gasteiger partial charge >= 0.3 is 0 Å². The van der Waals surface area contributed by atoms with Crippen LogP contribution >= 0.6 is 23.1 Å². The van der Waals surface area contributed by atoms with Crippen molar-refractivity contribution in [2.45, 2.75) is 44.1 Å². The van der Waals surface area contributed by atoms with E-state index in [1.807, 2.05) is 21.4 Å². The number of aryl methyl sites for hydroxylation is 1.